The first-order valence-corrected chi connectivity index (χ1v) is 4.22. The summed E-state index contributed by atoms with van der Waals surface area (Å²) < 4.78 is 1.57. The molecule has 0 aliphatic heterocycles. The fraction of sp³-hybridized carbons (Fsp3) is 0.125. The lowest BCUT2D eigenvalue weighted by atomic mass is 10.3. The maximum atomic E-state index is 8.31. The van der Waals surface area contributed by atoms with Crippen LogP contribution < -0.4 is 0 Å². The van der Waals surface area contributed by atoms with Gasteiger partial charge in [0.25, 0.3) is 0 Å². The summed E-state index contributed by atoms with van der Waals surface area (Å²) in [7, 11) is 0. The van der Waals surface area contributed by atoms with Gasteiger partial charge in [0.2, 0.25) is 0 Å². The van der Waals surface area contributed by atoms with Gasteiger partial charge < -0.3 is 0 Å². The molecule has 1 heterocycles. The summed E-state index contributed by atoms with van der Waals surface area (Å²) in [6, 6.07) is 7.03. The standard InChI is InChI=1S/C8H7N7/c1-6-10-13-14-15(6)8-4-2-3-7(5-8)11-12-9/h2-5H,1H3. The largest absolute Gasteiger partial charge is 0.198 e. The van der Waals surface area contributed by atoms with Crippen LogP contribution in [0.25, 0.3) is 16.1 Å². The number of benzene rings is 1. The lowest BCUT2D eigenvalue weighted by Gasteiger charge is -2.01. The molecule has 0 aliphatic rings. The number of aryl methyl sites for hydroxylation is 1. The minimum absolute atomic E-state index is 0.532. The highest BCUT2D eigenvalue weighted by molar-refractivity contribution is 5.46. The van der Waals surface area contributed by atoms with Crippen LogP contribution in [-0.2, 0) is 0 Å². The van der Waals surface area contributed by atoms with Gasteiger partial charge in [0.15, 0.2) is 5.82 Å². The molecule has 7 heteroatoms. The van der Waals surface area contributed by atoms with E-state index in [0.29, 0.717) is 11.5 Å². The van der Waals surface area contributed by atoms with Crippen LogP contribution in [-0.4, -0.2) is 20.2 Å². The molecular weight excluding hydrogens is 194 g/mol. The molecule has 0 aliphatic carbocycles. The molecule has 0 unspecified atom stereocenters. The van der Waals surface area contributed by atoms with Crippen LogP contribution >= 0.6 is 0 Å². The molecule has 0 N–H and O–H groups in total. The summed E-state index contributed by atoms with van der Waals surface area (Å²) in [5.74, 6) is 0.674. The SMILES string of the molecule is Cc1nnnn1-c1cccc(N=[N+]=[N-])c1. The zero-order valence-corrected chi connectivity index (χ0v) is 7.94. The zero-order valence-electron chi connectivity index (χ0n) is 7.94. The fourth-order valence-corrected chi connectivity index (χ4v) is 1.21. The Hall–Kier alpha value is -2.40. The summed E-state index contributed by atoms with van der Waals surface area (Å²) in [6.45, 7) is 1.79. The second kappa shape index (κ2) is 3.77. The van der Waals surface area contributed by atoms with E-state index in [9.17, 15) is 0 Å². The molecule has 7 nitrogen and oxygen atoms in total. The molecule has 0 amide bonds. The molecule has 1 aromatic carbocycles. The Morgan fingerprint density at radius 2 is 2.33 bits per heavy atom. The first-order chi connectivity index (χ1) is 7.31. The number of aromatic nitrogens is 4. The van der Waals surface area contributed by atoms with Gasteiger partial charge in [0, 0.05) is 10.6 Å². The third-order valence-corrected chi connectivity index (χ3v) is 1.86. The average Bonchev–Trinajstić information content (AvgIpc) is 2.65. The summed E-state index contributed by atoms with van der Waals surface area (Å²) in [4.78, 5) is 2.71. The van der Waals surface area contributed by atoms with Crippen LogP contribution in [0.2, 0.25) is 0 Å². The molecular formula is C8H7N7. The number of tetrazole rings is 1. The van der Waals surface area contributed by atoms with Gasteiger partial charge in [-0.25, -0.2) is 0 Å². The van der Waals surface area contributed by atoms with Crippen LogP contribution in [0.3, 0.4) is 0 Å². The lowest BCUT2D eigenvalue weighted by molar-refractivity contribution is 0.779. The average molecular weight is 201 g/mol. The molecule has 0 bridgehead atoms. The van der Waals surface area contributed by atoms with Gasteiger partial charge in [-0.05, 0) is 35.0 Å². The van der Waals surface area contributed by atoms with E-state index in [1.807, 2.05) is 6.07 Å². The van der Waals surface area contributed by atoms with Crippen LogP contribution in [0.4, 0.5) is 5.69 Å². The third kappa shape index (κ3) is 1.77. The Morgan fingerprint density at radius 1 is 1.47 bits per heavy atom. The molecule has 2 rings (SSSR count). The van der Waals surface area contributed by atoms with Crippen molar-refractivity contribution in [1.29, 1.82) is 0 Å². The molecule has 2 aromatic rings. The van der Waals surface area contributed by atoms with Crippen molar-refractivity contribution < 1.29 is 0 Å². The van der Waals surface area contributed by atoms with Gasteiger partial charge in [-0.2, -0.15) is 4.68 Å². The first kappa shape index (κ1) is 9.17. The van der Waals surface area contributed by atoms with Crippen molar-refractivity contribution >= 4 is 5.69 Å². The second-order valence-electron chi connectivity index (χ2n) is 2.85. The smallest absolute Gasteiger partial charge is 0.153 e. The minimum Gasteiger partial charge on any atom is -0.198 e. The molecule has 74 valence electrons. The second-order valence-corrected chi connectivity index (χ2v) is 2.85. The van der Waals surface area contributed by atoms with Crippen LogP contribution in [0, 0.1) is 6.92 Å². The van der Waals surface area contributed by atoms with Crippen molar-refractivity contribution in [1.82, 2.24) is 20.2 Å². The number of hydrogen-bond donors (Lipinski definition) is 0. The van der Waals surface area contributed by atoms with Crippen molar-refractivity contribution in [3.63, 3.8) is 0 Å². The monoisotopic (exact) mass is 201 g/mol. The number of hydrogen-bond acceptors (Lipinski definition) is 4. The van der Waals surface area contributed by atoms with Gasteiger partial charge in [-0.15, -0.1) is 5.10 Å². The summed E-state index contributed by atoms with van der Waals surface area (Å²) in [6.07, 6.45) is 0. The number of rotatable bonds is 2. The van der Waals surface area contributed by atoms with Crippen LogP contribution in [0.5, 0.6) is 0 Å². The molecule has 0 fully saturated rings. The maximum absolute atomic E-state index is 8.31. The van der Waals surface area contributed by atoms with E-state index in [0.717, 1.165) is 5.69 Å². The van der Waals surface area contributed by atoms with Crippen molar-refractivity contribution in [2.75, 3.05) is 0 Å². The van der Waals surface area contributed by atoms with Crippen molar-refractivity contribution in [2.24, 2.45) is 5.11 Å². The van der Waals surface area contributed by atoms with Gasteiger partial charge in [0.1, 0.15) is 0 Å². The van der Waals surface area contributed by atoms with Gasteiger partial charge in [-0.3, -0.25) is 0 Å². The van der Waals surface area contributed by atoms with Crippen LogP contribution in [0.1, 0.15) is 5.82 Å². The topological polar surface area (TPSA) is 92.4 Å². The Balaban J connectivity index is 2.50. The molecule has 15 heavy (non-hydrogen) atoms. The fourth-order valence-electron chi connectivity index (χ4n) is 1.21. The predicted octanol–water partition coefficient (Wildman–Crippen LogP) is 1.91. The maximum Gasteiger partial charge on any atom is 0.153 e. The molecule has 1 aromatic heterocycles. The molecule has 0 radical (unpaired) electrons. The van der Waals surface area contributed by atoms with Crippen molar-refractivity contribution in [3.05, 3.63) is 40.5 Å². The molecule has 0 spiro atoms. The van der Waals surface area contributed by atoms with Crippen molar-refractivity contribution in [3.8, 4) is 5.69 Å². The van der Waals surface area contributed by atoms with E-state index in [1.165, 1.54) is 0 Å². The summed E-state index contributed by atoms with van der Waals surface area (Å²) in [5.41, 5.74) is 9.61. The quantitative estimate of drug-likeness (QED) is 0.422. The van der Waals surface area contributed by atoms with E-state index in [1.54, 1.807) is 29.8 Å². The van der Waals surface area contributed by atoms with E-state index in [4.69, 9.17) is 5.53 Å². The lowest BCUT2D eigenvalue weighted by Crippen LogP contribution is -1.98. The first-order valence-electron chi connectivity index (χ1n) is 4.22. The third-order valence-electron chi connectivity index (χ3n) is 1.86. The number of nitrogens with zero attached hydrogens (tertiary/aromatic N) is 7. The highest BCUT2D eigenvalue weighted by Crippen LogP contribution is 2.17. The Morgan fingerprint density at radius 3 is 3.00 bits per heavy atom. The van der Waals surface area contributed by atoms with Gasteiger partial charge in [0.05, 0.1) is 5.69 Å². The van der Waals surface area contributed by atoms with E-state index < -0.39 is 0 Å². The molecule has 0 atom stereocenters. The zero-order chi connectivity index (χ0) is 10.7. The van der Waals surface area contributed by atoms with Gasteiger partial charge >= 0.3 is 0 Å². The summed E-state index contributed by atoms with van der Waals surface area (Å²) >= 11 is 0. The molecule has 0 saturated carbocycles. The van der Waals surface area contributed by atoms with E-state index >= 15 is 0 Å². The Kier molecular flexibility index (Phi) is 2.30. The highest BCUT2D eigenvalue weighted by atomic mass is 15.5. The Bertz CT molecular complexity index is 523. The van der Waals surface area contributed by atoms with Crippen LogP contribution in [0.15, 0.2) is 29.4 Å². The van der Waals surface area contributed by atoms with E-state index in [-0.39, 0.29) is 0 Å². The Labute approximate surface area is 85.0 Å². The van der Waals surface area contributed by atoms with E-state index in [2.05, 4.69) is 25.6 Å². The predicted molar refractivity (Wildman–Crippen MR) is 52.7 cm³/mol. The molecule has 0 saturated heterocycles. The van der Waals surface area contributed by atoms with Gasteiger partial charge in [-0.1, -0.05) is 17.2 Å². The summed E-state index contributed by atoms with van der Waals surface area (Å²) in [5, 5.41) is 14.6. The van der Waals surface area contributed by atoms with Crippen molar-refractivity contribution in [2.45, 2.75) is 6.92 Å². The number of azide groups is 1. The minimum atomic E-state index is 0.532. The normalized spacial score (nSPS) is 9.67. The highest BCUT2D eigenvalue weighted by Gasteiger charge is 2.02.